The van der Waals surface area contributed by atoms with E-state index in [0.717, 1.165) is 0 Å². The Balaban J connectivity index is 4.10. The zero-order chi connectivity index (χ0) is 12.0. The number of hydrogen-bond acceptors (Lipinski definition) is 4. The zero-order valence-electron chi connectivity index (χ0n) is 8.94. The molecule has 0 rings (SSSR count). The summed E-state index contributed by atoms with van der Waals surface area (Å²) in [7, 11) is 0. The Morgan fingerprint density at radius 1 is 1.53 bits per heavy atom. The molecule has 0 spiro atoms. The van der Waals surface area contributed by atoms with Gasteiger partial charge in [0.15, 0.2) is 0 Å². The van der Waals surface area contributed by atoms with Gasteiger partial charge in [-0.15, -0.1) is 0 Å². The lowest BCUT2D eigenvalue weighted by atomic mass is 10.3. The molecule has 15 heavy (non-hydrogen) atoms. The fraction of sp³-hybridized carbons (Fsp3) is 0.875. The Morgan fingerprint density at radius 2 is 2.07 bits per heavy atom. The summed E-state index contributed by atoms with van der Waals surface area (Å²) < 4.78 is 25.3. The number of nitrogens with zero attached hydrogens (tertiary/aromatic N) is 1. The second-order valence-corrected chi connectivity index (χ2v) is 6.02. The third-order valence-corrected chi connectivity index (χ3v) is 2.73. The molecule has 0 aliphatic heterocycles. The molecule has 7 heteroatoms. The molecule has 0 saturated carbocycles. The third kappa shape index (κ3) is 6.31. The van der Waals surface area contributed by atoms with Crippen LogP contribution in [0, 0.1) is 0 Å². The van der Waals surface area contributed by atoms with Crippen LogP contribution in [-0.4, -0.2) is 42.2 Å². The van der Waals surface area contributed by atoms with Gasteiger partial charge in [0.1, 0.15) is 6.61 Å². The summed E-state index contributed by atoms with van der Waals surface area (Å²) in [5, 5.41) is 0. The van der Waals surface area contributed by atoms with Crippen LogP contribution in [0.5, 0.6) is 0 Å². The SMILES string of the molecule is CC(C)N(C(=O)OCCS(=O)[O-])C(C)I. The minimum Gasteiger partial charge on any atom is -0.772 e. The minimum absolute atomic E-state index is 0.00727. The van der Waals surface area contributed by atoms with E-state index in [-0.39, 0.29) is 22.5 Å². The van der Waals surface area contributed by atoms with Crippen LogP contribution in [0.1, 0.15) is 20.8 Å². The Bertz CT molecular complexity index is 227. The van der Waals surface area contributed by atoms with Crippen molar-refractivity contribution in [1.82, 2.24) is 4.90 Å². The van der Waals surface area contributed by atoms with Crippen LogP contribution in [0.15, 0.2) is 0 Å². The Morgan fingerprint density at radius 3 is 2.40 bits per heavy atom. The van der Waals surface area contributed by atoms with Crippen LogP contribution >= 0.6 is 22.6 Å². The summed E-state index contributed by atoms with van der Waals surface area (Å²) in [6.45, 7) is 5.53. The monoisotopic (exact) mass is 348 g/mol. The van der Waals surface area contributed by atoms with Gasteiger partial charge in [0.05, 0.1) is 4.05 Å². The van der Waals surface area contributed by atoms with Crippen LogP contribution < -0.4 is 0 Å². The van der Waals surface area contributed by atoms with E-state index in [1.807, 2.05) is 20.8 Å². The van der Waals surface area contributed by atoms with Gasteiger partial charge in [-0.2, -0.15) is 0 Å². The molecule has 0 radical (unpaired) electrons. The van der Waals surface area contributed by atoms with Crippen molar-refractivity contribution in [1.29, 1.82) is 0 Å². The van der Waals surface area contributed by atoms with Crippen molar-refractivity contribution in [3.05, 3.63) is 0 Å². The van der Waals surface area contributed by atoms with Crippen LogP contribution in [0.4, 0.5) is 4.79 Å². The van der Waals surface area contributed by atoms with Crippen molar-refractivity contribution in [3.8, 4) is 0 Å². The maximum absolute atomic E-state index is 11.5. The number of rotatable bonds is 5. The van der Waals surface area contributed by atoms with E-state index in [0.29, 0.717) is 0 Å². The Hall–Kier alpha value is 0.110. The molecule has 90 valence electrons. The lowest BCUT2D eigenvalue weighted by molar-refractivity contribution is 0.0964. The first kappa shape index (κ1) is 15.1. The summed E-state index contributed by atoms with van der Waals surface area (Å²) in [5.74, 6) is -0.159. The highest BCUT2D eigenvalue weighted by Gasteiger charge is 2.22. The number of halogens is 1. The van der Waals surface area contributed by atoms with Crippen molar-refractivity contribution in [3.63, 3.8) is 0 Å². The van der Waals surface area contributed by atoms with E-state index in [1.54, 1.807) is 4.90 Å². The summed E-state index contributed by atoms with van der Waals surface area (Å²) in [6.07, 6.45) is -0.475. The minimum atomic E-state index is -2.16. The quantitative estimate of drug-likeness (QED) is 0.327. The highest BCUT2D eigenvalue weighted by Crippen LogP contribution is 2.13. The van der Waals surface area contributed by atoms with E-state index in [1.165, 1.54) is 0 Å². The van der Waals surface area contributed by atoms with Crippen LogP contribution in [-0.2, 0) is 15.8 Å². The number of ether oxygens (including phenoxy) is 1. The van der Waals surface area contributed by atoms with Crippen molar-refractivity contribution < 1.29 is 18.3 Å². The molecule has 0 heterocycles. The number of carbonyl (C=O) groups is 1. The van der Waals surface area contributed by atoms with Crippen molar-refractivity contribution in [2.24, 2.45) is 0 Å². The largest absolute Gasteiger partial charge is 0.772 e. The standard InChI is InChI=1S/C8H16INO4S/c1-6(2)10(7(3)9)8(11)14-4-5-15(12)13/h6-7H,4-5H2,1-3H3,(H,12,13)/p-1. The van der Waals surface area contributed by atoms with Gasteiger partial charge < -0.3 is 9.29 Å². The summed E-state index contributed by atoms with van der Waals surface area (Å²) in [5.41, 5.74) is 0. The lowest BCUT2D eigenvalue weighted by Crippen LogP contribution is -2.41. The first-order valence-electron chi connectivity index (χ1n) is 4.51. The molecule has 0 aliphatic carbocycles. The van der Waals surface area contributed by atoms with Gasteiger partial charge in [-0.25, -0.2) is 4.79 Å². The van der Waals surface area contributed by atoms with Gasteiger partial charge in [0, 0.05) is 11.8 Å². The molecule has 0 aliphatic rings. The maximum Gasteiger partial charge on any atom is 0.410 e. The topological polar surface area (TPSA) is 69.7 Å². The molecular formula is C8H15INO4S-. The number of hydrogen-bond donors (Lipinski definition) is 0. The average Bonchev–Trinajstić information content (AvgIpc) is 2.01. The second-order valence-electron chi connectivity index (χ2n) is 3.20. The van der Waals surface area contributed by atoms with Gasteiger partial charge in [-0.3, -0.25) is 9.11 Å². The molecule has 0 fully saturated rings. The summed E-state index contributed by atoms with van der Waals surface area (Å²) >= 11 is -0.0608. The maximum atomic E-state index is 11.5. The van der Waals surface area contributed by atoms with Crippen LogP contribution in [0.2, 0.25) is 0 Å². The Labute approximate surface area is 106 Å². The second kappa shape index (κ2) is 7.39. The number of amides is 1. The molecule has 1 amide bonds. The van der Waals surface area contributed by atoms with Gasteiger partial charge in [0.25, 0.3) is 0 Å². The zero-order valence-corrected chi connectivity index (χ0v) is 11.9. The highest BCUT2D eigenvalue weighted by molar-refractivity contribution is 14.1. The normalized spacial score (nSPS) is 14.8. The van der Waals surface area contributed by atoms with Crippen LogP contribution in [0.3, 0.4) is 0 Å². The van der Waals surface area contributed by atoms with Gasteiger partial charge >= 0.3 is 6.09 Å². The third-order valence-electron chi connectivity index (χ3n) is 1.63. The molecule has 5 nitrogen and oxygen atoms in total. The van der Waals surface area contributed by atoms with E-state index < -0.39 is 17.2 Å². The fourth-order valence-corrected chi connectivity index (χ4v) is 2.13. The van der Waals surface area contributed by atoms with Crippen molar-refractivity contribution >= 4 is 39.8 Å². The molecule has 2 unspecified atom stereocenters. The number of carbonyl (C=O) groups excluding carboxylic acids is 1. The summed E-state index contributed by atoms with van der Waals surface area (Å²) in [4.78, 5) is 13.1. The van der Waals surface area contributed by atoms with Gasteiger partial charge in [0.2, 0.25) is 0 Å². The predicted molar refractivity (Wildman–Crippen MR) is 65.6 cm³/mol. The predicted octanol–water partition coefficient (Wildman–Crippen LogP) is 1.49. The highest BCUT2D eigenvalue weighted by atomic mass is 127. The molecule has 0 aromatic rings. The molecule has 0 aromatic carbocycles. The average molecular weight is 348 g/mol. The van der Waals surface area contributed by atoms with E-state index in [4.69, 9.17) is 4.74 Å². The fourth-order valence-electron chi connectivity index (χ4n) is 1.04. The lowest BCUT2D eigenvalue weighted by Gasteiger charge is -2.28. The molecule has 0 aromatic heterocycles. The van der Waals surface area contributed by atoms with Crippen LogP contribution in [0.25, 0.3) is 0 Å². The molecular weight excluding hydrogens is 333 g/mol. The molecule has 0 N–H and O–H groups in total. The first-order valence-corrected chi connectivity index (χ1v) is 7.00. The smallest absolute Gasteiger partial charge is 0.410 e. The van der Waals surface area contributed by atoms with E-state index >= 15 is 0 Å². The first-order chi connectivity index (χ1) is 6.86. The van der Waals surface area contributed by atoms with Crippen molar-refractivity contribution in [2.45, 2.75) is 30.9 Å². The molecule has 0 saturated heterocycles. The van der Waals surface area contributed by atoms with Crippen molar-refractivity contribution in [2.75, 3.05) is 12.4 Å². The Kier molecular flexibility index (Phi) is 7.45. The van der Waals surface area contributed by atoms with Gasteiger partial charge in [-0.1, -0.05) is 33.7 Å². The van der Waals surface area contributed by atoms with Gasteiger partial charge in [-0.05, 0) is 20.8 Å². The van der Waals surface area contributed by atoms with E-state index in [2.05, 4.69) is 22.6 Å². The summed E-state index contributed by atoms with van der Waals surface area (Å²) in [6, 6.07) is 0.0298. The molecule has 2 atom stereocenters. The molecule has 0 bridgehead atoms. The van der Waals surface area contributed by atoms with E-state index in [9.17, 15) is 13.6 Å². The number of alkyl halides is 1.